The van der Waals surface area contributed by atoms with Gasteiger partial charge < -0.3 is 15.4 Å². The smallest absolute Gasteiger partial charge is 0.218 e. The minimum absolute atomic E-state index is 0.0113. The molecule has 3 rings (SSSR count). The Morgan fingerprint density at radius 1 is 1.14 bits per heavy atom. The molecule has 0 atom stereocenters. The van der Waals surface area contributed by atoms with Crippen LogP contribution < -0.4 is 10.6 Å². The summed E-state index contributed by atoms with van der Waals surface area (Å²) in [5.41, 5.74) is 1.80. The van der Waals surface area contributed by atoms with E-state index in [2.05, 4.69) is 22.5 Å². The van der Waals surface area contributed by atoms with Crippen LogP contribution >= 0.6 is 0 Å². The third-order valence-corrected chi connectivity index (χ3v) is 7.67. The van der Waals surface area contributed by atoms with Crippen molar-refractivity contribution in [3.63, 3.8) is 0 Å². The fourth-order valence-electron chi connectivity index (χ4n) is 3.95. The third-order valence-electron chi connectivity index (χ3n) is 5.85. The van der Waals surface area contributed by atoms with Gasteiger partial charge in [0.05, 0.1) is 19.0 Å². The summed E-state index contributed by atoms with van der Waals surface area (Å²) < 4.78 is 32.4. The van der Waals surface area contributed by atoms with Crippen molar-refractivity contribution in [3.05, 3.63) is 35.4 Å². The summed E-state index contributed by atoms with van der Waals surface area (Å²) in [5.74, 6) is 1.59. The van der Waals surface area contributed by atoms with Crippen molar-refractivity contribution < 1.29 is 13.2 Å². The standard InChI is InChI=1S/C21H34N4O3S/c1-17-7-9-20(10-8-17)24-21(22-2)23-15-18-5-3-4-6-19(18)16-29(26,27)25-11-13-28-14-12-25/h3-6,17,20H,7-16H2,1-2H3,(H2,22,23,24). The van der Waals surface area contributed by atoms with Gasteiger partial charge in [-0.15, -0.1) is 0 Å². The average Bonchev–Trinajstić information content (AvgIpc) is 2.74. The van der Waals surface area contributed by atoms with Gasteiger partial charge in [-0.2, -0.15) is 4.31 Å². The maximum atomic E-state index is 12.8. The van der Waals surface area contributed by atoms with Gasteiger partial charge in [-0.3, -0.25) is 4.99 Å². The number of rotatable bonds is 6. The van der Waals surface area contributed by atoms with Crippen LogP contribution in [0.2, 0.25) is 0 Å². The highest BCUT2D eigenvalue weighted by Crippen LogP contribution is 2.23. The number of morpholine rings is 1. The molecule has 8 heteroatoms. The predicted octanol–water partition coefficient (Wildman–Crippen LogP) is 2.09. The molecule has 162 valence electrons. The summed E-state index contributed by atoms with van der Waals surface area (Å²) in [5, 5.41) is 6.87. The van der Waals surface area contributed by atoms with Crippen LogP contribution in [0.1, 0.15) is 43.7 Å². The van der Waals surface area contributed by atoms with E-state index in [0.717, 1.165) is 35.8 Å². The molecule has 1 aromatic rings. The number of sulfonamides is 1. The molecule has 0 bridgehead atoms. The SMILES string of the molecule is CN=C(NCc1ccccc1CS(=O)(=O)N1CCOCC1)NC1CCC(C)CC1. The number of ether oxygens (including phenoxy) is 1. The molecule has 1 aliphatic carbocycles. The second-order valence-corrected chi connectivity index (χ2v) is 10.0. The molecular formula is C21H34N4O3S. The lowest BCUT2D eigenvalue weighted by Gasteiger charge is -2.28. The van der Waals surface area contributed by atoms with Crippen molar-refractivity contribution in [2.45, 2.75) is 50.9 Å². The Morgan fingerprint density at radius 2 is 1.79 bits per heavy atom. The minimum atomic E-state index is -3.35. The van der Waals surface area contributed by atoms with Crippen molar-refractivity contribution in [3.8, 4) is 0 Å². The van der Waals surface area contributed by atoms with Crippen molar-refractivity contribution in [2.75, 3.05) is 33.4 Å². The average molecular weight is 423 g/mol. The van der Waals surface area contributed by atoms with Crippen LogP contribution in [-0.2, 0) is 27.1 Å². The number of aliphatic imine (C=N–C) groups is 1. The maximum Gasteiger partial charge on any atom is 0.218 e. The van der Waals surface area contributed by atoms with Crippen molar-refractivity contribution >= 4 is 16.0 Å². The van der Waals surface area contributed by atoms with Gasteiger partial charge in [0.1, 0.15) is 0 Å². The van der Waals surface area contributed by atoms with Crippen LogP contribution in [0, 0.1) is 5.92 Å². The number of hydrogen-bond donors (Lipinski definition) is 2. The Kier molecular flexibility index (Phi) is 7.91. The van der Waals surface area contributed by atoms with E-state index in [0.29, 0.717) is 38.9 Å². The van der Waals surface area contributed by atoms with Gasteiger partial charge in [-0.05, 0) is 42.7 Å². The van der Waals surface area contributed by atoms with Crippen LogP contribution in [0.5, 0.6) is 0 Å². The molecule has 1 heterocycles. The minimum Gasteiger partial charge on any atom is -0.379 e. The van der Waals surface area contributed by atoms with E-state index in [1.165, 1.54) is 17.1 Å². The van der Waals surface area contributed by atoms with Gasteiger partial charge in [0.2, 0.25) is 10.0 Å². The maximum absolute atomic E-state index is 12.8. The van der Waals surface area contributed by atoms with Crippen LogP contribution in [0.25, 0.3) is 0 Å². The molecular weight excluding hydrogens is 388 g/mol. The number of guanidine groups is 1. The summed E-state index contributed by atoms with van der Waals surface area (Å²) in [6.45, 7) is 4.64. The molecule has 1 saturated heterocycles. The van der Waals surface area contributed by atoms with Crippen molar-refractivity contribution in [1.29, 1.82) is 0 Å². The van der Waals surface area contributed by atoms with E-state index in [1.54, 1.807) is 7.05 Å². The molecule has 1 saturated carbocycles. The lowest BCUT2D eigenvalue weighted by molar-refractivity contribution is 0.0729. The zero-order valence-electron chi connectivity index (χ0n) is 17.6. The Morgan fingerprint density at radius 3 is 2.45 bits per heavy atom. The van der Waals surface area contributed by atoms with Gasteiger partial charge in [0.15, 0.2) is 5.96 Å². The molecule has 1 aromatic carbocycles. The first-order valence-corrected chi connectivity index (χ1v) is 12.2. The van der Waals surface area contributed by atoms with Crippen LogP contribution in [0.4, 0.5) is 0 Å². The van der Waals surface area contributed by atoms with Gasteiger partial charge >= 0.3 is 0 Å². The summed E-state index contributed by atoms with van der Waals surface area (Å²) in [6, 6.07) is 8.17. The number of hydrogen-bond acceptors (Lipinski definition) is 4. The van der Waals surface area contributed by atoms with E-state index in [4.69, 9.17) is 4.74 Å². The molecule has 1 aliphatic heterocycles. The van der Waals surface area contributed by atoms with Gasteiger partial charge in [0, 0.05) is 32.7 Å². The normalized spacial score (nSPS) is 24.3. The Labute approximate surface area is 175 Å². The third kappa shape index (κ3) is 6.42. The summed E-state index contributed by atoms with van der Waals surface area (Å²) >= 11 is 0. The molecule has 0 aromatic heterocycles. The zero-order chi connectivity index (χ0) is 20.7. The Hall–Kier alpha value is -1.64. The van der Waals surface area contributed by atoms with E-state index in [9.17, 15) is 8.42 Å². The van der Waals surface area contributed by atoms with Crippen LogP contribution in [-0.4, -0.2) is 58.1 Å². The molecule has 2 fully saturated rings. The van der Waals surface area contributed by atoms with E-state index >= 15 is 0 Å². The number of benzene rings is 1. The Bertz CT molecular complexity index is 783. The highest BCUT2D eigenvalue weighted by Gasteiger charge is 2.25. The molecule has 0 amide bonds. The van der Waals surface area contributed by atoms with Gasteiger partial charge in [0.25, 0.3) is 0 Å². The lowest BCUT2D eigenvalue weighted by Crippen LogP contribution is -2.44. The van der Waals surface area contributed by atoms with Crippen LogP contribution in [0.3, 0.4) is 0 Å². The summed E-state index contributed by atoms with van der Waals surface area (Å²) in [7, 11) is -1.58. The highest BCUT2D eigenvalue weighted by atomic mass is 32.2. The molecule has 29 heavy (non-hydrogen) atoms. The molecule has 7 nitrogen and oxygen atoms in total. The second kappa shape index (κ2) is 10.4. The van der Waals surface area contributed by atoms with Gasteiger partial charge in [-0.1, -0.05) is 31.2 Å². The zero-order valence-corrected chi connectivity index (χ0v) is 18.4. The largest absolute Gasteiger partial charge is 0.379 e. The molecule has 2 N–H and O–H groups in total. The molecule has 0 unspecified atom stereocenters. The first-order chi connectivity index (χ1) is 14.0. The quantitative estimate of drug-likeness (QED) is 0.542. The van der Waals surface area contributed by atoms with Crippen molar-refractivity contribution in [2.24, 2.45) is 10.9 Å². The molecule has 2 aliphatic rings. The molecule has 0 spiro atoms. The summed E-state index contributed by atoms with van der Waals surface area (Å²) in [4.78, 5) is 4.35. The van der Waals surface area contributed by atoms with Crippen LogP contribution in [0.15, 0.2) is 29.3 Å². The fourth-order valence-corrected chi connectivity index (χ4v) is 5.52. The number of nitrogens with one attached hydrogen (secondary N) is 2. The number of nitrogens with zero attached hydrogens (tertiary/aromatic N) is 2. The van der Waals surface area contributed by atoms with Gasteiger partial charge in [-0.25, -0.2) is 8.42 Å². The van der Waals surface area contributed by atoms with Crippen molar-refractivity contribution in [1.82, 2.24) is 14.9 Å². The highest BCUT2D eigenvalue weighted by molar-refractivity contribution is 7.88. The first kappa shape index (κ1) is 22.1. The Balaban J connectivity index is 1.59. The second-order valence-electron chi connectivity index (χ2n) is 8.06. The first-order valence-electron chi connectivity index (χ1n) is 10.6. The molecule has 0 radical (unpaired) electrons. The predicted molar refractivity (Wildman–Crippen MR) is 116 cm³/mol. The van der Waals surface area contributed by atoms with E-state index in [1.807, 2.05) is 24.3 Å². The fraction of sp³-hybridized carbons (Fsp3) is 0.667. The van der Waals surface area contributed by atoms with E-state index in [-0.39, 0.29) is 5.75 Å². The topological polar surface area (TPSA) is 83.0 Å². The summed E-state index contributed by atoms with van der Waals surface area (Å²) in [6.07, 6.45) is 4.82. The monoisotopic (exact) mass is 422 g/mol. The van der Waals surface area contributed by atoms with E-state index < -0.39 is 10.0 Å². The lowest BCUT2D eigenvalue weighted by atomic mass is 9.87.